The van der Waals surface area contributed by atoms with Crippen LogP contribution in [-0.2, 0) is 0 Å². The Morgan fingerprint density at radius 1 is 1.44 bits per heavy atom. The number of hydrogen-bond acceptors (Lipinski definition) is 6. The minimum absolute atomic E-state index is 0.265. The topological polar surface area (TPSA) is 53.1 Å². The highest BCUT2D eigenvalue weighted by molar-refractivity contribution is 7.99. The number of thioether (sulfide) groups is 1. The summed E-state index contributed by atoms with van der Waals surface area (Å²) in [5, 5.41) is 5.81. The molecule has 2 N–H and O–H groups in total. The number of halogens is 1. The molecule has 0 atom stereocenters. The van der Waals surface area contributed by atoms with E-state index in [1.165, 1.54) is 17.7 Å². The maximum Gasteiger partial charge on any atom is 0.224 e. The van der Waals surface area contributed by atoms with E-state index in [0.717, 1.165) is 19.6 Å². The van der Waals surface area contributed by atoms with Gasteiger partial charge in [0.2, 0.25) is 5.95 Å². The van der Waals surface area contributed by atoms with Gasteiger partial charge in [0.25, 0.3) is 0 Å². The lowest BCUT2D eigenvalue weighted by atomic mass is 10.4. The minimum Gasteiger partial charge on any atom is -0.366 e. The number of aromatic nitrogens is 2. The fourth-order valence-electron chi connectivity index (χ4n) is 1.77. The largest absolute Gasteiger partial charge is 0.366 e. The third-order valence-corrected chi connectivity index (χ3v) is 3.73. The summed E-state index contributed by atoms with van der Waals surface area (Å²) in [6.45, 7) is 3.83. The molecule has 0 radical (unpaired) electrons. The molecule has 5 nitrogen and oxygen atoms in total. The Morgan fingerprint density at radius 3 is 2.94 bits per heavy atom. The van der Waals surface area contributed by atoms with Gasteiger partial charge >= 0.3 is 0 Å². The van der Waals surface area contributed by atoms with Crippen LogP contribution in [0.5, 0.6) is 0 Å². The van der Waals surface area contributed by atoms with Crippen LogP contribution in [0.2, 0.25) is 0 Å². The van der Waals surface area contributed by atoms with Crippen LogP contribution in [0, 0.1) is 5.82 Å². The van der Waals surface area contributed by atoms with Crippen LogP contribution in [-0.4, -0.2) is 59.6 Å². The van der Waals surface area contributed by atoms with Crippen molar-refractivity contribution in [2.45, 2.75) is 0 Å². The van der Waals surface area contributed by atoms with Crippen molar-refractivity contribution in [1.29, 1.82) is 0 Å². The quantitative estimate of drug-likeness (QED) is 0.837. The van der Waals surface area contributed by atoms with Crippen molar-refractivity contribution in [3.63, 3.8) is 0 Å². The normalized spacial score (nSPS) is 16.6. The number of anilines is 2. The van der Waals surface area contributed by atoms with Crippen molar-refractivity contribution in [2.24, 2.45) is 0 Å². The maximum absolute atomic E-state index is 13.4. The molecule has 1 aliphatic heterocycles. The molecule has 1 aromatic rings. The van der Waals surface area contributed by atoms with E-state index in [2.05, 4.69) is 25.5 Å². The highest BCUT2D eigenvalue weighted by atomic mass is 32.2. The monoisotopic (exact) mass is 271 g/mol. The van der Waals surface area contributed by atoms with Crippen molar-refractivity contribution in [2.75, 3.05) is 55.4 Å². The molecule has 0 bridgehead atoms. The Morgan fingerprint density at radius 2 is 2.22 bits per heavy atom. The third-order valence-electron chi connectivity index (χ3n) is 2.79. The zero-order chi connectivity index (χ0) is 12.8. The van der Waals surface area contributed by atoms with E-state index >= 15 is 0 Å². The van der Waals surface area contributed by atoms with E-state index in [4.69, 9.17) is 0 Å². The van der Waals surface area contributed by atoms with Crippen molar-refractivity contribution in [3.8, 4) is 0 Å². The summed E-state index contributed by atoms with van der Waals surface area (Å²) >= 11 is 1.98. The summed E-state index contributed by atoms with van der Waals surface area (Å²) in [6.07, 6.45) is 1.18. The van der Waals surface area contributed by atoms with Gasteiger partial charge in [0, 0.05) is 44.7 Å². The molecule has 0 saturated carbocycles. The summed E-state index contributed by atoms with van der Waals surface area (Å²) in [4.78, 5) is 10.2. The predicted octanol–water partition coefficient (Wildman–Crippen LogP) is 1.12. The first-order valence-electron chi connectivity index (χ1n) is 6.04. The van der Waals surface area contributed by atoms with E-state index in [1.54, 1.807) is 7.05 Å². The van der Waals surface area contributed by atoms with Gasteiger partial charge in [0.1, 0.15) is 0 Å². The molecule has 2 heterocycles. The second-order valence-corrected chi connectivity index (χ2v) is 5.25. The smallest absolute Gasteiger partial charge is 0.224 e. The van der Waals surface area contributed by atoms with Gasteiger partial charge in [0.05, 0.1) is 6.20 Å². The number of hydrogen-bond donors (Lipinski definition) is 2. The summed E-state index contributed by atoms with van der Waals surface area (Å²) in [5.74, 6) is 2.65. The van der Waals surface area contributed by atoms with Crippen molar-refractivity contribution >= 4 is 23.5 Å². The molecule has 2 rings (SSSR count). The van der Waals surface area contributed by atoms with Gasteiger partial charge in [-0.3, -0.25) is 4.90 Å². The molecule has 1 aromatic heterocycles. The van der Waals surface area contributed by atoms with Gasteiger partial charge in [-0.1, -0.05) is 0 Å². The molecule has 0 spiro atoms. The van der Waals surface area contributed by atoms with Crippen LogP contribution < -0.4 is 10.6 Å². The van der Waals surface area contributed by atoms with Crippen LogP contribution in [0.4, 0.5) is 16.2 Å². The van der Waals surface area contributed by atoms with E-state index in [1.807, 2.05) is 11.8 Å². The molecule has 0 unspecified atom stereocenters. The Bertz CT molecular complexity index is 384. The molecule has 100 valence electrons. The van der Waals surface area contributed by atoms with Gasteiger partial charge in [-0.15, -0.1) is 0 Å². The fraction of sp³-hybridized carbons (Fsp3) is 0.636. The molecule has 1 fully saturated rings. The van der Waals surface area contributed by atoms with Gasteiger partial charge in [0.15, 0.2) is 11.6 Å². The second-order valence-electron chi connectivity index (χ2n) is 4.02. The number of rotatable bonds is 5. The third kappa shape index (κ3) is 3.71. The first-order chi connectivity index (χ1) is 8.79. The summed E-state index contributed by atoms with van der Waals surface area (Å²) in [6, 6.07) is 0. The van der Waals surface area contributed by atoms with Gasteiger partial charge in [-0.2, -0.15) is 16.7 Å². The standard InChI is InChI=1S/C11H18FN5S/c1-13-11-15-8-9(12)10(16-11)14-2-3-17-4-6-18-7-5-17/h8H,2-7H2,1H3,(H2,13,14,15,16). The Kier molecular flexibility index (Phi) is 5.00. The lowest BCUT2D eigenvalue weighted by Gasteiger charge is -2.26. The predicted molar refractivity (Wildman–Crippen MR) is 73.8 cm³/mol. The van der Waals surface area contributed by atoms with Crippen LogP contribution in [0.15, 0.2) is 6.20 Å². The Balaban J connectivity index is 1.81. The molecular formula is C11H18FN5S. The average Bonchev–Trinajstić information content (AvgIpc) is 2.42. The SMILES string of the molecule is CNc1ncc(F)c(NCCN2CCSCC2)n1. The molecule has 0 aromatic carbocycles. The van der Waals surface area contributed by atoms with E-state index < -0.39 is 5.82 Å². The molecule has 1 saturated heterocycles. The Hall–Kier alpha value is -1.08. The van der Waals surface area contributed by atoms with E-state index in [9.17, 15) is 4.39 Å². The second kappa shape index (κ2) is 6.75. The maximum atomic E-state index is 13.4. The lowest BCUT2D eigenvalue weighted by molar-refractivity contribution is 0.314. The fourth-order valence-corrected chi connectivity index (χ4v) is 2.75. The van der Waals surface area contributed by atoms with Crippen molar-refractivity contribution in [1.82, 2.24) is 14.9 Å². The summed E-state index contributed by atoms with van der Waals surface area (Å²) in [5.41, 5.74) is 0. The van der Waals surface area contributed by atoms with Crippen molar-refractivity contribution in [3.05, 3.63) is 12.0 Å². The molecule has 0 aliphatic carbocycles. The zero-order valence-corrected chi connectivity index (χ0v) is 11.3. The highest BCUT2D eigenvalue weighted by Gasteiger charge is 2.10. The number of nitrogens with one attached hydrogen (secondary N) is 2. The molecule has 0 amide bonds. The van der Waals surface area contributed by atoms with E-state index in [0.29, 0.717) is 12.5 Å². The first kappa shape index (κ1) is 13.4. The molecule has 7 heteroatoms. The van der Waals surface area contributed by atoms with Gasteiger partial charge < -0.3 is 10.6 Å². The highest BCUT2D eigenvalue weighted by Crippen LogP contribution is 2.12. The van der Waals surface area contributed by atoms with Crippen LogP contribution in [0.1, 0.15) is 0 Å². The van der Waals surface area contributed by atoms with Crippen LogP contribution in [0.3, 0.4) is 0 Å². The molecular weight excluding hydrogens is 253 g/mol. The first-order valence-corrected chi connectivity index (χ1v) is 7.19. The number of nitrogens with zero attached hydrogens (tertiary/aromatic N) is 3. The molecule has 18 heavy (non-hydrogen) atoms. The lowest BCUT2D eigenvalue weighted by Crippen LogP contribution is -2.36. The van der Waals surface area contributed by atoms with Crippen molar-refractivity contribution < 1.29 is 4.39 Å². The summed E-state index contributed by atoms with van der Waals surface area (Å²) < 4.78 is 13.4. The van der Waals surface area contributed by atoms with Gasteiger partial charge in [-0.05, 0) is 0 Å². The van der Waals surface area contributed by atoms with Gasteiger partial charge in [-0.25, -0.2) is 9.37 Å². The van der Waals surface area contributed by atoms with Crippen LogP contribution >= 0.6 is 11.8 Å². The Labute approximate surface area is 111 Å². The summed E-state index contributed by atoms with van der Waals surface area (Å²) in [7, 11) is 1.71. The zero-order valence-electron chi connectivity index (χ0n) is 10.4. The minimum atomic E-state index is -0.414. The van der Waals surface area contributed by atoms with Crippen LogP contribution in [0.25, 0.3) is 0 Å². The molecule has 1 aliphatic rings. The average molecular weight is 271 g/mol. The van der Waals surface area contributed by atoms with E-state index in [-0.39, 0.29) is 5.82 Å².